The fraction of sp³-hybridized carbons (Fsp3) is 0.824. The van der Waals surface area contributed by atoms with E-state index in [4.69, 9.17) is 0 Å². The molecule has 136 valence electrons. The molecule has 1 aliphatic rings. The van der Waals surface area contributed by atoms with Gasteiger partial charge in [-0.15, -0.1) is 10.2 Å². The number of guanidine groups is 1. The van der Waals surface area contributed by atoms with E-state index in [1.165, 1.54) is 45.3 Å². The average molecular weight is 336 g/mol. The van der Waals surface area contributed by atoms with E-state index in [-0.39, 0.29) is 0 Å². The predicted molar refractivity (Wildman–Crippen MR) is 98.1 cm³/mol. The molecule has 0 amide bonds. The van der Waals surface area contributed by atoms with Gasteiger partial charge >= 0.3 is 0 Å². The van der Waals surface area contributed by atoms with E-state index in [2.05, 4.69) is 37.6 Å². The van der Waals surface area contributed by atoms with Crippen molar-refractivity contribution < 1.29 is 0 Å². The van der Waals surface area contributed by atoms with Crippen LogP contribution in [0.2, 0.25) is 0 Å². The Morgan fingerprint density at radius 2 is 1.88 bits per heavy atom. The number of piperidine rings is 1. The largest absolute Gasteiger partial charge is 0.356 e. The molecule has 1 aliphatic heterocycles. The number of likely N-dealkylation sites (tertiary alicyclic amines) is 1. The number of rotatable bonds is 9. The first kappa shape index (κ1) is 18.7. The van der Waals surface area contributed by atoms with E-state index >= 15 is 0 Å². The first-order chi connectivity index (χ1) is 11.8. The number of hydrogen-bond acceptors (Lipinski definition) is 4. The lowest BCUT2D eigenvalue weighted by molar-refractivity contribution is 0.203. The van der Waals surface area contributed by atoms with Gasteiger partial charge in [0.1, 0.15) is 12.7 Å². The van der Waals surface area contributed by atoms with Gasteiger partial charge in [-0.3, -0.25) is 4.99 Å². The van der Waals surface area contributed by atoms with Gasteiger partial charge in [0.2, 0.25) is 0 Å². The van der Waals surface area contributed by atoms with Crippen LogP contribution in [-0.4, -0.2) is 64.9 Å². The third kappa shape index (κ3) is 6.86. The van der Waals surface area contributed by atoms with Gasteiger partial charge in [0.25, 0.3) is 0 Å². The molecule has 0 atom stereocenters. The van der Waals surface area contributed by atoms with E-state index in [0.29, 0.717) is 6.04 Å². The highest BCUT2D eigenvalue weighted by atomic mass is 15.2. The number of aromatic nitrogens is 3. The van der Waals surface area contributed by atoms with E-state index in [0.717, 1.165) is 31.9 Å². The summed E-state index contributed by atoms with van der Waals surface area (Å²) in [5.41, 5.74) is 0. The summed E-state index contributed by atoms with van der Waals surface area (Å²) < 4.78 is 2.01. The number of nitrogens with one attached hydrogen (secondary N) is 2. The van der Waals surface area contributed by atoms with Gasteiger partial charge in [-0.2, -0.15) is 0 Å². The van der Waals surface area contributed by atoms with Gasteiger partial charge in [-0.1, -0.05) is 13.3 Å². The first-order valence-electron chi connectivity index (χ1n) is 9.33. The molecule has 2 rings (SSSR count). The molecule has 7 nitrogen and oxygen atoms in total. The third-order valence-electron chi connectivity index (χ3n) is 4.58. The zero-order valence-electron chi connectivity index (χ0n) is 15.2. The van der Waals surface area contributed by atoms with E-state index in [1.54, 1.807) is 12.7 Å². The Balaban J connectivity index is 1.55. The molecule has 0 saturated carbocycles. The van der Waals surface area contributed by atoms with Crippen molar-refractivity contribution in [2.24, 2.45) is 4.99 Å². The van der Waals surface area contributed by atoms with Gasteiger partial charge in [0, 0.05) is 39.3 Å². The Labute approximate surface area is 145 Å². The molecule has 0 bridgehead atoms. The molecule has 0 aromatic carbocycles. The van der Waals surface area contributed by atoms with Crippen LogP contribution in [0.1, 0.15) is 45.4 Å². The molecule has 2 heterocycles. The Morgan fingerprint density at radius 3 is 2.54 bits per heavy atom. The van der Waals surface area contributed by atoms with Gasteiger partial charge in [-0.05, 0) is 38.6 Å². The van der Waals surface area contributed by atoms with Gasteiger partial charge in [-0.25, -0.2) is 0 Å². The molecule has 0 aliphatic carbocycles. The second-order valence-electron chi connectivity index (χ2n) is 6.52. The molecule has 0 spiro atoms. The summed E-state index contributed by atoms with van der Waals surface area (Å²) in [6.07, 6.45) is 10.8. The minimum Gasteiger partial charge on any atom is -0.356 e. The summed E-state index contributed by atoms with van der Waals surface area (Å²) in [5.74, 6) is 0.936. The molecule has 1 fully saturated rings. The Kier molecular flexibility index (Phi) is 8.59. The van der Waals surface area contributed by atoms with Crippen LogP contribution >= 0.6 is 0 Å². The van der Waals surface area contributed by atoms with Gasteiger partial charge in [0.15, 0.2) is 5.96 Å². The molecule has 24 heavy (non-hydrogen) atoms. The van der Waals surface area contributed by atoms with E-state index in [9.17, 15) is 0 Å². The van der Waals surface area contributed by atoms with Crippen molar-refractivity contribution in [3.05, 3.63) is 12.7 Å². The van der Waals surface area contributed by atoms with E-state index in [1.807, 2.05) is 11.6 Å². The number of aryl methyl sites for hydroxylation is 1. The first-order valence-corrected chi connectivity index (χ1v) is 9.33. The molecule has 1 aromatic rings. The zero-order chi connectivity index (χ0) is 17.0. The number of nitrogens with zero attached hydrogens (tertiary/aromatic N) is 5. The number of aliphatic imine (C=N–C) groups is 1. The molecule has 2 N–H and O–H groups in total. The van der Waals surface area contributed by atoms with Crippen LogP contribution in [0, 0.1) is 0 Å². The van der Waals surface area contributed by atoms with Crippen LogP contribution in [-0.2, 0) is 6.54 Å². The van der Waals surface area contributed by atoms with Crippen molar-refractivity contribution in [1.29, 1.82) is 0 Å². The highest BCUT2D eigenvalue weighted by Gasteiger charge is 2.19. The fourth-order valence-corrected chi connectivity index (χ4v) is 3.03. The van der Waals surface area contributed by atoms with Crippen molar-refractivity contribution in [2.75, 3.05) is 33.2 Å². The number of hydrogen-bond donors (Lipinski definition) is 2. The Bertz CT molecular complexity index is 450. The smallest absolute Gasteiger partial charge is 0.191 e. The highest BCUT2D eigenvalue weighted by molar-refractivity contribution is 5.79. The molecule has 1 saturated heterocycles. The van der Waals surface area contributed by atoms with Crippen molar-refractivity contribution in [3.63, 3.8) is 0 Å². The average Bonchev–Trinajstić information content (AvgIpc) is 3.13. The van der Waals surface area contributed by atoms with Crippen LogP contribution < -0.4 is 10.6 Å². The van der Waals surface area contributed by atoms with Crippen LogP contribution in [0.4, 0.5) is 0 Å². The molecule has 1 aromatic heterocycles. The monoisotopic (exact) mass is 335 g/mol. The SMILES string of the molecule is CCCCN1CCC(NC(=NC)NCCCCn2cnnc2)CC1. The summed E-state index contributed by atoms with van der Waals surface area (Å²) in [7, 11) is 1.85. The lowest BCUT2D eigenvalue weighted by Gasteiger charge is -2.33. The second-order valence-corrected chi connectivity index (χ2v) is 6.52. The third-order valence-corrected chi connectivity index (χ3v) is 4.58. The topological polar surface area (TPSA) is 70.4 Å². The molecule has 0 radical (unpaired) electrons. The normalized spacial score (nSPS) is 17.2. The minimum atomic E-state index is 0.547. The van der Waals surface area contributed by atoms with Crippen molar-refractivity contribution in [1.82, 2.24) is 30.3 Å². The van der Waals surface area contributed by atoms with Crippen molar-refractivity contribution >= 4 is 5.96 Å². The Hall–Kier alpha value is -1.63. The van der Waals surface area contributed by atoms with Crippen LogP contribution in [0.25, 0.3) is 0 Å². The van der Waals surface area contributed by atoms with Crippen LogP contribution in [0.3, 0.4) is 0 Å². The fourth-order valence-electron chi connectivity index (χ4n) is 3.03. The lowest BCUT2D eigenvalue weighted by atomic mass is 10.0. The summed E-state index contributed by atoms with van der Waals surface area (Å²) >= 11 is 0. The Morgan fingerprint density at radius 1 is 1.12 bits per heavy atom. The predicted octanol–water partition coefficient (Wildman–Crippen LogP) is 1.49. The number of unbranched alkanes of at least 4 members (excludes halogenated alkanes) is 2. The lowest BCUT2D eigenvalue weighted by Crippen LogP contribution is -2.48. The quantitative estimate of drug-likeness (QED) is 0.406. The maximum absolute atomic E-state index is 4.35. The molecule has 0 unspecified atom stereocenters. The highest BCUT2D eigenvalue weighted by Crippen LogP contribution is 2.11. The standard InChI is InChI=1S/C17H33N7/c1-3-4-10-23-12-7-16(8-13-23)22-17(18-2)19-9-5-6-11-24-14-20-21-15-24/h14-16H,3-13H2,1-2H3,(H2,18,19,22). The molecule has 7 heteroatoms. The van der Waals surface area contributed by atoms with Crippen molar-refractivity contribution in [3.8, 4) is 0 Å². The molecular formula is C17H33N7. The van der Waals surface area contributed by atoms with Crippen LogP contribution in [0.5, 0.6) is 0 Å². The molecular weight excluding hydrogens is 302 g/mol. The summed E-state index contributed by atoms with van der Waals surface area (Å²) in [6.45, 7) is 7.83. The van der Waals surface area contributed by atoms with Gasteiger partial charge in [0.05, 0.1) is 0 Å². The maximum atomic E-state index is 4.35. The summed E-state index contributed by atoms with van der Waals surface area (Å²) in [5, 5.41) is 14.6. The van der Waals surface area contributed by atoms with Crippen molar-refractivity contribution in [2.45, 2.75) is 58.0 Å². The maximum Gasteiger partial charge on any atom is 0.191 e. The summed E-state index contributed by atoms with van der Waals surface area (Å²) in [6, 6.07) is 0.547. The van der Waals surface area contributed by atoms with Gasteiger partial charge < -0.3 is 20.1 Å². The van der Waals surface area contributed by atoms with Crippen LogP contribution in [0.15, 0.2) is 17.6 Å². The second kappa shape index (κ2) is 11.0. The minimum absolute atomic E-state index is 0.547. The summed E-state index contributed by atoms with van der Waals surface area (Å²) in [4.78, 5) is 6.94. The zero-order valence-corrected chi connectivity index (χ0v) is 15.2. The van der Waals surface area contributed by atoms with E-state index < -0.39 is 0 Å².